The molecule has 1 atom stereocenters. The maximum absolute atomic E-state index is 12.6. The Bertz CT molecular complexity index is 1060. The fourth-order valence-electron chi connectivity index (χ4n) is 3.54. The van der Waals surface area contributed by atoms with E-state index in [2.05, 4.69) is 20.0 Å². The predicted octanol–water partition coefficient (Wildman–Crippen LogP) is 2.60. The number of para-hydroxylation sites is 1. The maximum atomic E-state index is 12.6. The van der Waals surface area contributed by atoms with Gasteiger partial charge in [-0.15, -0.1) is 4.40 Å². The average molecular weight is 434 g/mol. The van der Waals surface area contributed by atoms with Crippen molar-refractivity contribution in [2.45, 2.75) is 17.7 Å². The Hall–Kier alpha value is -2.49. The van der Waals surface area contributed by atoms with Crippen LogP contribution in [0.3, 0.4) is 0 Å². The highest BCUT2D eigenvalue weighted by atomic mass is 35.5. The zero-order valence-corrected chi connectivity index (χ0v) is 17.1. The van der Waals surface area contributed by atoms with E-state index in [-0.39, 0.29) is 16.7 Å². The summed E-state index contributed by atoms with van der Waals surface area (Å²) in [6, 6.07) is 10.0. The van der Waals surface area contributed by atoms with Gasteiger partial charge in [-0.3, -0.25) is 9.69 Å². The molecule has 2 N–H and O–H groups in total. The van der Waals surface area contributed by atoms with E-state index in [9.17, 15) is 13.2 Å². The van der Waals surface area contributed by atoms with Crippen molar-refractivity contribution in [2.75, 3.05) is 30.3 Å². The second-order valence-electron chi connectivity index (χ2n) is 7.06. The molecule has 0 spiro atoms. The van der Waals surface area contributed by atoms with Crippen molar-refractivity contribution >= 4 is 44.9 Å². The number of halogens is 1. The number of fused-ring (bicyclic) bond motifs is 1. The third-order valence-electron chi connectivity index (χ3n) is 4.90. The number of nitrogens with one attached hydrogen (secondary N) is 2. The molecule has 152 valence electrons. The lowest BCUT2D eigenvalue weighted by atomic mass is 9.97. The number of anilines is 2. The monoisotopic (exact) mass is 433 g/mol. The van der Waals surface area contributed by atoms with Crippen molar-refractivity contribution in [3.63, 3.8) is 0 Å². The smallest absolute Gasteiger partial charge is 0.286 e. The molecule has 0 saturated carbocycles. The van der Waals surface area contributed by atoms with Crippen LogP contribution in [0, 0.1) is 5.92 Å². The number of carbonyl (C=O) groups is 1. The number of benzene rings is 1. The number of carbonyl (C=O) groups excluding carboxylic acids is 1. The van der Waals surface area contributed by atoms with Crippen LogP contribution in [-0.4, -0.2) is 49.7 Å². The van der Waals surface area contributed by atoms with Crippen LogP contribution in [0.15, 0.2) is 51.9 Å². The number of hydrogen-bond donors (Lipinski definition) is 2. The van der Waals surface area contributed by atoms with Gasteiger partial charge in [-0.25, -0.2) is 4.98 Å². The van der Waals surface area contributed by atoms with Crippen LogP contribution in [0.1, 0.15) is 12.8 Å². The molecule has 1 unspecified atom stereocenters. The number of likely N-dealkylation sites (tertiary alicyclic amines) is 1. The summed E-state index contributed by atoms with van der Waals surface area (Å²) in [6.45, 7) is 1.61. The van der Waals surface area contributed by atoms with Crippen LogP contribution in [0.2, 0.25) is 5.02 Å². The van der Waals surface area contributed by atoms with Gasteiger partial charge in [-0.2, -0.15) is 8.42 Å². The number of pyridine rings is 1. The summed E-state index contributed by atoms with van der Waals surface area (Å²) in [5.74, 6) is 0.497. The molecule has 1 amide bonds. The molecule has 4 rings (SSSR count). The van der Waals surface area contributed by atoms with Gasteiger partial charge in [-0.05, 0) is 43.7 Å². The van der Waals surface area contributed by atoms with E-state index in [4.69, 9.17) is 11.6 Å². The molecular weight excluding hydrogens is 414 g/mol. The Balaban J connectivity index is 1.41. The van der Waals surface area contributed by atoms with Crippen LogP contribution in [0.25, 0.3) is 0 Å². The van der Waals surface area contributed by atoms with Crippen LogP contribution < -0.4 is 10.6 Å². The number of nitrogens with zero attached hydrogens (tertiary/aromatic N) is 3. The fourth-order valence-corrected chi connectivity index (χ4v) is 4.79. The first-order chi connectivity index (χ1) is 13.9. The van der Waals surface area contributed by atoms with E-state index in [0.29, 0.717) is 35.5 Å². The fraction of sp³-hybridized carbons (Fsp3) is 0.316. The largest absolute Gasteiger partial charge is 0.341 e. The van der Waals surface area contributed by atoms with Crippen molar-refractivity contribution in [3.8, 4) is 0 Å². The zero-order chi connectivity index (χ0) is 20.4. The second-order valence-corrected chi connectivity index (χ2v) is 9.07. The van der Waals surface area contributed by atoms with E-state index in [1.54, 1.807) is 30.3 Å². The Morgan fingerprint density at radius 3 is 2.90 bits per heavy atom. The van der Waals surface area contributed by atoms with E-state index in [1.807, 2.05) is 4.90 Å². The van der Waals surface area contributed by atoms with Crippen LogP contribution in [-0.2, 0) is 14.8 Å². The molecular formula is C19H20ClN5O3S. The van der Waals surface area contributed by atoms with Gasteiger partial charge in [0.25, 0.3) is 10.0 Å². The Morgan fingerprint density at radius 1 is 1.28 bits per heavy atom. The zero-order valence-electron chi connectivity index (χ0n) is 15.5. The first-order valence-electron chi connectivity index (χ1n) is 9.25. The normalized spacial score (nSPS) is 20.9. The third-order valence-corrected chi connectivity index (χ3v) is 6.50. The summed E-state index contributed by atoms with van der Waals surface area (Å²) in [7, 11) is -3.72. The number of amidine groups is 1. The van der Waals surface area contributed by atoms with Crippen LogP contribution in [0.5, 0.6) is 0 Å². The van der Waals surface area contributed by atoms with E-state index in [0.717, 1.165) is 19.4 Å². The molecule has 2 aliphatic rings. The summed E-state index contributed by atoms with van der Waals surface area (Å²) in [6.07, 6.45) is 3.08. The highest BCUT2D eigenvalue weighted by molar-refractivity contribution is 7.90. The van der Waals surface area contributed by atoms with Crippen molar-refractivity contribution < 1.29 is 13.2 Å². The van der Waals surface area contributed by atoms with E-state index in [1.165, 1.54) is 12.3 Å². The third kappa shape index (κ3) is 4.58. The molecule has 2 aromatic rings. The second kappa shape index (κ2) is 8.10. The summed E-state index contributed by atoms with van der Waals surface area (Å²) < 4.78 is 28.7. The van der Waals surface area contributed by atoms with Gasteiger partial charge in [0.2, 0.25) is 5.91 Å². The minimum absolute atomic E-state index is 0.110. The molecule has 3 heterocycles. The molecule has 1 saturated heterocycles. The molecule has 0 bridgehead atoms. The molecule has 2 aliphatic heterocycles. The maximum Gasteiger partial charge on any atom is 0.286 e. The predicted molar refractivity (Wildman–Crippen MR) is 112 cm³/mol. The molecule has 1 aromatic carbocycles. The summed E-state index contributed by atoms with van der Waals surface area (Å²) in [5, 5.41) is 6.41. The average Bonchev–Trinajstić information content (AvgIpc) is 2.69. The molecule has 1 aromatic heterocycles. The minimum atomic E-state index is -3.72. The number of sulfonamides is 1. The number of amides is 1. The lowest BCUT2D eigenvalue weighted by Gasteiger charge is -2.32. The first kappa shape index (κ1) is 19.8. The highest BCUT2D eigenvalue weighted by Gasteiger charge is 2.29. The molecule has 29 heavy (non-hydrogen) atoms. The number of piperidine rings is 1. The molecule has 1 fully saturated rings. The van der Waals surface area contributed by atoms with Gasteiger partial charge < -0.3 is 10.6 Å². The molecule has 0 radical (unpaired) electrons. The van der Waals surface area contributed by atoms with E-state index >= 15 is 0 Å². The quantitative estimate of drug-likeness (QED) is 0.768. The summed E-state index contributed by atoms with van der Waals surface area (Å²) in [4.78, 5) is 18.9. The first-order valence-corrected chi connectivity index (χ1v) is 11.1. The topological polar surface area (TPSA) is 104 Å². The van der Waals surface area contributed by atoms with Gasteiger partial charge >= 0.3 is 0 Å². The van der Waals surface area contributed by atoms with Gasteiger partial charge in [0.05, 0.1) is 23.2 Å². The summed E-state index contributed by atoms with van der Waals surface area (Å²) in [5.41, 5.74) is 0.526. The highest BCUT2D eigenvalue weighted by Crippen LogP contribution is 2.27. The van der Waals surface area contributed by atoms with Crippen LogP contribution in [0.4, 0.5) is 11.5 Å². The number of hydrogen-bond acceptors (Lipinski definition) is 6. The van der Waals surface area contributed by atoms with Gasteiger partial charge in [0.15, 0.2) is 0 Å². The molecule has 10 heteroatoms. The lowest BCUT2D eigenvalue weighted by Crippen LogP contribution is -2.44. The molecule has 0 aliphatic carbocycles. The minimum Gasteiger partial charge on any atom is -0.341 e. The Kier molecular flexibility index (Phi) is 5.53. The standard InChI is InChI=1S/C19H20ClN5O3S/c20-14-7-8-17(21-10-14)23-19(26)13-4-3-9-25(11-13)12-18-22-15-5-1-2-6-16(15)29(27,28)24-18/h1-2,5-8,10,13H,3-4,9,11-12H2,(H,22,24)(H,21,23,26). The van der Waals surface area contributed by atoms with Gasteiger partial charge in [0, 0.05) is 12.7 Å². The molecule has 8 nitrogen and oxygen atoms in total. The van der Waals surface area contributed by atoms with Crippen molar-refractivity contribution in [3.05, 3.63) is 47.6 Å². The van der Waals surface area contributed by atoms with Crippen molar-refractivity contribution in [1.82, 2.24) is 9.88 Å². The van der Waals surface area contributed by atoms with Gasteiger partial charge in [0.1, 0.15) is 16.5 Å². The van der Waals surface area contributed by atoms with E-state index < -0.39 is 10.0 Å². The van der Waals surface area contributed by atoms with Crippen LogP contribution >= 0.6 is 11.6 Å². The van der Waals surface area contributed by atoms with Gasteiger partial charge in [-0.1, -0.05) is 23.7 Å². The number of rotatable bonds is 4. The number of aromatic nitrogens is 1. The Labute approximate surface area is 174 Å². The Morgan fingerprint density at radius 2 is 2.10 bits per heavy atom. The summed E-state index contributed by atoms with van der Waals surface area (Å²) >= 11 is 5.82. The van der Waals surface area contributed by atoms with Crippen molar-refractivity contribution in [1.29, 1.82) is 0 Å². The van der Waals surface area contributed by atoms with Crippen molar-refractivity contribution in [2.24, 2.45) is 10.3 Å². The SMILES string of the molecule is O=C(Nc1ccc(Cl)cn1)C1CCCN(CC2=NS(=O)(=O)c3ccccc3N2)C1. The lowest BCUT2D eigenvalue weighted by molar-refractivity contribution is -0.121.